The lowest BCUT2D eigenvalue weighted by Gasteiger charge is -2.09. The molecule has 2 N–H and O–H groups in total. The first-order valence-corrected chi connectivity index (χ1v) is 8.49. The van der Waals surface area contributed by atoms with Gasteiger partial charge in [-0.25, -0.2) is 0 Å². The highest BCUT2D eigenvalue weighted by molar-refractivity contribution is 6.33. The first kappa shape index (κ1) is 17.7. The summed E-state index contributed by atoms with van der Waals surface area (Å²) >= 11 is 6.06. The molecule has 3 rings (SSSR count). The number of rotatable bonds is 5. The van der Waals surface area contributed by atoms with Crippen LogP contribution in [0.4, 0.5) is 5.69 Å². The summed E-state index contributed by atoms with van der Waals surface area (Å²) in [6, 6.07) is 23.2. The minimum atomic E-state index is -0.323. The number of nitrogens with one attached hydrogen (secondary N) is 2. The van der Waals surface area contributed by atoms with Crippen molar-refractivity contribution < 1.29 is 9.59 Å². The first-order valence-electron chi connectivity index (χ1n) is 8.11. The molecule has 0 aliphatic heterocycles. The molecule has 0 aromatic heterocycles. The Morgan fingerprint density at radius 2 is 1.42 bits per heavy atom. The summed E-state index contributed by atoms with van der Waals surface area (Å²) < 4.78 is 0. The second-order valence-corrected chi connectivity index (χ2v) is 6.09. The van der Waals surface area contributed by atoms with E-state index in [1.54, 1.807) is 48.5 Å². The quantitative estimate of drug-likeness (QED) is 0.699. The summed E-state index contributed by atoms with van der Waals surface area (Å²) in [4.78, 5) is 24.8. The first-order chi connectivity index (χ1) is 12.6. The van der Waals surface area contributed by atoms with Gasteiger partial charge in [0.25, 0.3) is 11.8 Å². The molecule has 0 spiro atoms. The smallest absolute Gasteiger partial charge is 0.255 e. The number of carbonyl (C=O) groups excluding carboxylic acids is 2. The minimum Gasteiger partial charge on any atom is -0.348 e. The predicted octanol–water partition coefficient (Wildman–Crippen LogP) is 4.52. The van der Waals surface area contributed by atoms with Crippen LogP contribution in [0.2, 0.25) is 5.02 Å². The molecular formula is C21H17ClN2O2. The third-order valence-electron chi connectivity index (χ3n) is 3.80. The zero-order valence-corrected chi connectivity index (χ0v) is 14.7. The van der Waals surface area contributed by atoms with Crippen LogP contribution < -0.4 is 10.6 Å². The molecule has 0 saturated heterocycles. The zero-order valence-electron chi connectivity index (χ0n) is 13.9. The van der Waals surface area contributed by atoms with Gasteiger partial charge in [0, 0.05) is 17.7 Å². The monoisotopic (exact) mass is 364 g/mol. The second-order valence-electron chi connectivity index (χ2n) is 5.68. The fourth-order valence-electron chi connectivity index (χ4n) is 2.44. The molecule has 0 radical (unpaired) electrons. The fraction of sp³-hybridized carbons (Fsp3) is 0.0476. The average molecular weight is 365 g/mol. The molecule has 5 heteroatoms. The van der Waals surface area contributed by atoms with Gasteiger partial charge in [-0.15, -0.1) is 0 Å². The molecule has 0 aliphatic carbocycles. The van der Waals surface area contributed by atoms with E-state index in [0.29, 0.717) is 28.4 Å². The molecule has 0 unspecified atom stereocenters. The van der Waals surface area contributed by atoms with Crippen molar-refractivity contribution in [2.24, 2.45) is 0 Å². The number of hydrogen-bond donors (Lipinski definition) is 2. The van der Waals surface area contributed by atoms with Crippen LogP contribution in [-0.4, -0.2) is 11.8 Å². The molecule has 3 aromatic rings. The number of carbonyl (C=O) groups is 2. The highest BCUT2D eigenvalue weighted by Crippen LogP contribution is 2.21. The number of hydrogen-bond acceptors (Lipinski definition) is 2. The summed E-state index contributed by atoms with van der Waals surface area (Å²) in [6.45, 7) is 0.426. The number of amides is 2. The Morgan fingerprint density at radius 1 is 0.769 bits per heavy atom. The molecular weight excluding hydrogens is 348 g/mol. The van der Waals surface area contributed by atoms with Crippen molar-refractivity contribution in [3.63, 3.8) is 0 Å². The molecule has 0 fully saturated rings. The molecule has 0 saturated carbocycles. The van der Waals surface area contributed by atoms with E-state index >= 15 is 0 Å². The van der Waals surface area contributed by atoms with E-state index in [4.69, 9.17) is 11.6 Å². The predicted molar refractivity (Wildman–Crippen MR) is 103 cm³/mol. The molecule has 0 atom stereocenters. The van der Waals surface area contributed by atoms with Crippen LogP contribution in [0.3, 0.4) is 0 Å². The molecule has 0 heterocycles. The normalized spacial score (nSPS) is 10.2. The van der Waals surface area contributed by atoms with Crippen LogP contribution in [0.5, 0.6) is 0 Å². The fourth-order valence-corrected chi connectivity index (χ4v) is 2.62. The van der Waals surface area contributed by atoms with Gasteiger partial charge in [0.1, 0.15) is 0 Å². The largest absolute Gasteiger partial charge is 0.348 e. The number of anilines is 1. The van der Waals surface area contributed by atoms with Gasteiger partial charge in [0.15, 0.2) is 0 Å². The third-order valence-corrected chi connectivity index (χ3v) is 4.13. The maximum atomic E-state index is 12.4. The van der Waals surface area contributed by atoms with Crippen molar-refractivity contribution in [2.75, 3.05) is 5.32 Å². The van der Waals surface area contributed by atoms with E-state index in [9.17, 15) is 9.59 Å². The van der Waals surface area contributed by atoms with Gasteiger partial charge < -0.3 is 10.6 Å². The van der Waals surface area contributed by atoms with E-state index in [1.807, 2.05) is 30.3 Å². The van der Waals surface area contributed by atoms with Crippen molar-refractivity contribution in [1.82, 2.24) is 5.32 Å². The Balaban J connectivity index is 1.68. The Morgan fingerprint density at radius 3 is 2.15 bits per heavy atom. The molecule has 2 amide bonds. The van der Waals surface area contributed by atoms with Gasteiger partial charge in [0.05, 0.1) is 10.7 Å². The third kappa shape index (κ3) is 4.49. The average Bonchev–Trinajstić information content (AvgIpc) is 2.69. The molecule has 0 aliphatic rings. The zero-order chi connectivity index (χ0) is 18.4. The van der Waals surface area contributed by atoms with Crippen LogP contribution in [-0.2, 0) is 6.54 Å². The summed E-state index contributed by atoms with van der Waals surface area (Å²) in [5.74, 6) is -0.558. The topological polar surface area (TPSA) is 58.2 Å². The molecule has 3 aromatic carbocycles. The van der Waals surface area contributed by atoms with E-state index in [0.717, 1.165) is 5.56 Å². The van der Waals surface area contributed by atoms with Gasteiger partial charge in [-0.2, -0.15) is 0 Å². The number of halogens is 1. The van der Waals surface area contributed by atoms with E-state index in [1.165, 1.54) is 0 Å². The van der Waals surface area contributed by atoms with Crippen LogP contribution in [0.15, 0.2) is 78.9 Å². The van der Waals surface area contributed by atoms with Crippen molar-refractivity contribution >= 4 is 29.1 Å². The van der Waals surface area contributed by atoms with E-state index in [2.05, 4.69) is 10.6 Å². The van der Waals surface area contributed by atoms with Crippen LogP contribution >= 0.6 is 11.6 Å². The minimum absolute atomic E-state index is 0.235. The maximum absolute atomic E-state index is 12.4. The van der Waals surface area contributed by atoms with E-state index < -0.39 is 0 Å². The second kappa shape index (κ2) is 8.32. The standard InChI is InChI=1S/C21H17ClN2O2/c22-18-11-4-5-12-19(18)24-21(26)17-10-6-9-16(13-17)20(25)23-14-15-7-2-1-3-8-15/h1-13H,14H2,(H,23,25)(H,24,26). The van der Waals surface area contributed by atoms with Gasteiger partial charge in [-0.1, -0.05) is 60.1 Å². The van der Waals surface area contributed by atoms with Gasteiger partial charge in [0.2, 0.25) is 0 Å². The lowest BCUT2D eigenvalue weighted by Crippen LogP contribution is -2.23. The summed E-state index contributed by atoms with van der Waals surface area (Å²) in [5.41, 5.74) is 2.34. The van der Waals surface area contributed by atoms with Gasteiger partial charge in [-0.3, -0.25) is 9.59 Å². The summed E-state index contributed by atoms with van der Waals surface area (Å²) in [6.07, 6.45) is 0. The number of para-hydroxylation sites is 1. The Hall–Kier alpha value is -3.11. The number of benzene rings is 3. The van der Waals surface area contributed by atoms with Gasteiger partial charge in [-0.05, 0) is 35.9 Å². The molecule has 130 valence electrons. The lowest BCUT2D eigenvalue weighted by molar-refractivity contribution is 0.0951. The van der Waals surface area contributed by atoms with Crippen LogP contribution in [0.25, 0.3) is 0 Å². The molecule has 4 nitrogen and oxygen atoms in total. The van der Waals surface area contributed by atoms with Crippen molar-refractivity contribution in [3.8, 4) is 0 Å². The maximum Gasteiger partial charge on any atom is 0.255 e. The van der Waals surface area contributed by atoms with Gasteiger partial charge >= 0.3 is 0 Å². The van der Waals surface area contributed by atoms with E-state index in [-0.39, 0.29) is 11.8 Å². The molecule has 0 bridgehead atoms. The summed E-state index contributed by atoms with van der Waals surface area (Å²) in [5, 5.41) is 6.05. The summed E-state index contributed by atoms with van der Waals surface area (Å²) in [7, 11) is 0. The highest BCUT2D eigenvalue weighted by Gasteiger charge is 2.11. The Labute approximate surface area is 156 Å². The Bertz CT molecular complexity index is 926. The SMILES string of the molecule is O=C(NCc1ccccc1)c1cccc(C(=O)Nc2ccccc2Cl)c1. The van der Waals surface area contributed by atoms with Crippen molar-refractivity contribution in [1.29, 1.82) is 0 Å². The lowest BCUT2D eigenvalue weighted by atomic mass is 10.1. The van der Waals surface area contributed by atoms with Crippen LogP contribution in [0.1, 0.15) is 26.3 Å². The van der Waals surface area contributed by atoms with Crippen molar-refractivity contribution in [3.05, 3.63) is 101 Å². The Kier molecular flexibility index (Phi) is 5.66. The van der Waals surface area contributed by atoms with Crippen molar-refractivity contribution in [2.45, 2.75) is 6.54 Å². The van der Waals surface area contributed by atoms with Crippen LogP contribution in [0, 0.1) is 0 Å². The molecule has 26 heavy (non-hydrogen) atoms. The highest BCUT2D eigenvalue weighted by atomic mass is 35.5.